The Kier molecular flexibility index (Phi) is 5.46. The summed E-state index contributed by atoms with van der Waals surface area (Å²) >= 11 is 0. The quantitative estimate of drug-likeness (QED) is 0.482. The first-order valence-electron chi connectivity index (χ1n) is 11.0. The number of anilines is 2. The lowest BCUT2D eigenvalue weighted by molar-refractivity contribution is 0.122. The summed E-state index contributed by atoms with van der Waals surface area (Å²) in [5, 5.41) is 4.51. The van der Waals surface area contributed by atoms with Crippen molar-refractivity contribution in [1.29, 1.82) is 0 Å². The molecule has 1 fully saturated rings. The van der Waals surface area contributed by atoms with Crippen LogP contribution in [0.5, 0.6) is 0 Å². The summed E-state index contributed by atoms with van der Waals surface area (Å²) in [6.45, 7) is 7.00. The summed E-state index contributed by atoms with van der Waals surface area (Å²) in [4.78, 5) is 11.9. The van der Waals surface area contributed by atoms with Crippen LogP contribution in [0, 0.1) is 6.92 Å². The van der Waals surface area contributed by atoms with Crippen LogP contribution in [0.3, 0.4) is 0 Å². The molecule has 3 heterocycles. The van der Waals surface area contributed by atoms with E-state index >= 15 is 0 Å². The maximum Gasteiger partial charge on any atom is 0.236 e. The normalized spacial score (nSPS) is 15.8. The van der Waals surface area contributed by atoms with Gasteiger partial charge in [-0.15, -0.1) is 0 Å². The summed E-state index contributed by atoms with van der Waals surface area (Å²) in [6, 6.07) is 11.6. The molecule has 1 aliphatic heterocycles. The molecule has 2 aromatic heterocycles. The largest absolute Gasteiger partial charge is 0.378 e. The van der Waals surface area contributed by atoms with Crippen molar-refractivity contribution in [3.05, 3.63) is 59.9 Å². The van der Waals surface area contributed by atoms with Crippen molar-refractivity contribution in [3.63, 3.8) is 0 Å². The number of rotatable bonds is 5. The fourth-order valence-electron chi connectivity index (χ4n) is 4.56. The SMILES string of the molecule is Cc1c(C(C)Nc2nc3nccn3c3ccc(N4CCOCC4)cc23)cccc1S(C)(=O)=O. The van der Waals surface area contributed by atoms with Gasteiger partial charge in [0.05, 0.1) is 29.7 Å². The minimum Gasteiger partial charge on any atom is -0.378 e. The number of nitrogens with zero attached hydrogens (tertiary/aromatic N) is 4. The predicted molar refractivity (Wildman–Crippen MR) is 130 cm³/mol. The van der Waals surface area contributed by atoms with Crippen LogP contribution < -0.4 is 10.2 Å². The van der Waals surface area contributed by atoms with Gasteiger partial charge in [0.25, 0.3) is 0 Å². The highest BCUT2D eigenvalue weighted by atomic mass is 32.2. The molecule has 0 radical (unpaired) electrons. The van der Waals surface area contributed by atoms with Crippen LogP contribution in [-0.4, -0.2) is 55.3 Å². The third kappa shape index (κ3) is 4.02. The van der Waals surface area contributed by atoms with E-state index in [9.17, 15) is 8.42 Å². The Labute approximate surface area is 193 Å². The molecule has 1 saturated heterocycles. The fourth-order valence-corrected chi connectivity index (χ4v) is 5.56. The number of nitrogens with one attached hydrogen (secondary N) is 1. The number of hydrogen-bond donors (Lipinski definition) is 1. The second kappa shape index (κ2) is 8.31. The molecule has 4 aromatic rings. The summed E-state index contributed by atoms with van der Waals surface area (Å²) in [5.74, 6) is 1.33. The Morgan fingerprint density at radius 1 is 1.15 bits per heavy atom. The van der Waals surface area contributed by atoms with Gasteiger partial charge in [-0.25, -0.2) is 13.4 Å². The highest BCUT2D eigenvalue weighted by Crippen LogP contribution is 2.32. The lowest BCUT2D eigenvalue weighted by atomic mass is 10.0. The van der Waals surface area contributed by atoms with Gasteiger partial charge in [0, 0.05) is 42.8 Å². The number of sulfone groups is 1. The van der Waals surface area contributed by atoms with Gasteiger partial charge in [-0.3, -0.25) is 4.40 Å². The lowest BCUT2D eigenvalue weighted by Crippen LogP contribution is -2.36. The summed E-state index contributed by atoms with van der Waals surface area (Å²) in [5.41, 5.74) is 3.80. The number of fused-ring (bicyclic) bond motifs is 3. The average Bonchev–Trinajstić information content (AvgIpc) is 3.27. The van der Waals surface area contributed by atoms with Crippen LogP contribution in [0.4, 0.5) is 11.5 Å². The molecule has 5 rings (SSSR count). The maximum absolute atomic E-state index is 12.2. The molecule has 0 aliphatic carbocycles. The Morgan fingerprint density at radius 2 is 1.94 bits per heavy atom. The third-order valence-electron chi connectivity index (χ3n) is 6.25. The molecule has 1 unspecified atom stereocenters. The van der Waals surface area contributed by atoms with Gasteiger partial charge in [-0.05, 0) is 49.2 Å². The molecule has 0 saturated carbocycles. The van der Waals surface area contributed by atoms with Crippen molar-refractivity contribution in [3.8, 4) is 0 Å². The number of imidazole rings is 1. The van der Waals surface area contributed by atoms with Gasteiger partial charge in [-0.2, -0.15) is 4.98 Å². The van der Waals surface area contributed by atoms with Crippen LogP contribution in [-0.2, 0) is 14.6 Å². The molecule has 2 aromatic carbocycles. The second-order valence-corrected chi connectivity index (χ2v) is 10.5. The van der Waals surface area contributed by atoms with E-state index in [1.165, 1.54) is 6.26 Å². The van der Waals surface area contributed by atoms with Gasteiger partial charge in [-0.1, -0.05) is 12.1 Å². The van der Waals surface area contributed by atoms with Crippen LogP contribution in [0.1, 0.15) is 24.1 Å². The number of benzene rings is 2. The highest BCUT2D eigenvalue weighted by molar-refractivity contribution is 7.90. The Bertz CT molecular complexity index is 1440. The highest BCUT2D eigenvalue weighted by Gasteiger charge is 2.19. The zero-order chi connectivity index (χ0) is 23.2. The summed E-state index contributed by atoms with van der Waals surface area (Å²) in [6.07, 6.45) is 4.89. The molecule has 1 aliphatic rings. The lowest BCUT2D eigenvalue weighted by Gasteiger charge is -2.29. The zero-order valence-electron chi connectivity index (χ0n) is 18.9. The molecule has 1 N–H and O–H groups in total. The van der Waals surface area contributed by atoms with Gasteiger partial charge in [0.15, 0.2) is 9.84 Å². The number of morpholine rings is 1. The van der Waals surface area contributed by atoms with Crippen molar-refractivity contribution in [2.45, 2.75) is 24.8 Å². The first-order valence-corrected chi connectivity index (χ1v) is 12.9. The summed E-state index contributed by atoms with van der Waals surface area (Å²) < 4.78 is 31.9. The van der Waals surface area contributed by atoms with E-state index in [2.05, 4.69) is 33.4 Å². The molecule has 0 spiro atoms. The smallest absolute Gasteiger partial charge is 0.236 e. The average molecular weight is 466 g/mol. The number of aromatic nitrogens is 3. The van der Waals surface area contributed by atoms with Crippen molar-refractivity contribution < 1.29 is 13.2 Å². The van der Waals surface area contributed by atoms with Gasteiger partial charge >= 0.3 is 0 Å². The van der Waals surface area contributed by atoms with E-state index < -0.39 is 9.84 Å². The molecular weight excluding hydrogens is 438 g/mol. The van der Waals surface area contributed by atoms with Crippen molar-refractivity contribution in [2.24, 2.45) is 0 Å². The topological polar surface area (TPSA) is 88.8 Å². The van der Waals surface area contributed by atoms with E-state index in [1.807, 2.05) is 30.5 Å². The Morgan fingerprint density at radius 3 is 2.70 bits per heavy atom. The first-order chi connectivity index (χ1) is 15.8. The zero-order valence-corrected chi connectivity index (χ0v) is 19.8. The minimum absolute atomic E-state index is 0.160. The van der Waals surface area contributed by atoms with Crippen molar-refractivity contribution >= 4 is 38.0 Å². The van der Waals surface area contributed by atoms with E-state index in [1.54, 1.807) is 18.3 Å². The molecule has 172 valence electrons. The third-order valence-corrected chi connectivity index (χ3v) is 7.49. The van der Waals surface area contributed by atoms with Crippen LogP contribution in [0.15, 0.2) is 53.7 Å². The van der Waals surface area contributed by atoms with Crippen LogP contribution in [0.2, 0.25) is 0 Å². The first kappa shape index (κ1) is 21.7. The van der Waals surface area contributed by atoms with Crippen LogP contribution >= 0.6 is 0 Å². The molecule has 33 heavy (non-hydrogen) atoms. The van der Waals surface area contributed by atoms with E-state index in [0.717, 1.165) is 59.8 Å². The monoisotopic (exact) mass is 465 g/mol. The summed E-state index contributed by atoms with van der Waals surface area (Å²) in [7, 11) is -3.31. The Hall–Kier alpha value is -3.17. The molecular formula is C24H27N5O3S. The molecule has 0 amide bonds. The van der Waals surface area contributed by atoms with Crippen LogP contribution in [0.25, 0.3) is 16.7 Å². The molecule has 9 heteroatoms. The minimum atomic E-state index is -3.31. The predicted octanol–water partition coefficient (Wildman–Crippen LogP) is 3.60. The maximum atomic E-state index is 12.2. The van der Waals surface area contributed by atoms with E-state index in [0.29, 0.717) is 10.7 Å². The number of ether oxygens (including phenoxy) is 1. The Balaban J connectivity index is 1.59. The fraction of sp³-hybridized carbons (Fsp3) is 0.333. The standard InChI is InChI=1S/C24H27N5O3S/c1-16-19(5-4-6-22(16)33(3,30)31)17(2)26-23-20-15-18(28-11-13-32-14-12-28)7-8-21(20)29-10-9-25-24(29)27-23/h4-10,15,17H,11-14H2,1-3H3,(H,25,26,27). The molecule has 1 atom stereocenters. The van der Waals surface area contributed by atoms with Crippen molar-refractivity contribution in [2.75, 3.05) is 42.8 Å². The molecule has 8 nitrogen and oxygen atoms in total. The van der Waals surface area contributed by atoms with E-state index in [4.69, 9.17) is 9.72 Å². The van der Waals surface area contributed by atoms with Gasteiger partial charge < -0.3 is 15.0 Å². The van der Waals surface area contributed by atoms with Gasteiger partial charge in [0.1, 0.15) is 5.82 Å². The molecule has 0 bridgehead atoms. The number of hydrogen-bond acceptors (Lipinski definition) is 7. The van der Waals surface area contributed by atoms with Crippen molar-refractivity contribution in [1.82, 2.24) is 14.4 Å². The second-order valence-electron chi connectivity index (χ2n) is 8.47. The van der Waals surface area contributed by atoms with Gasteiger partial charge in [0.2, 0.25) is 5.78 Å². The van der Waals surface area contributed by atoms with E-state index in [-0.39, 0.29) is 6.04 Å².